The van der Waals surface area contributed by atoms with E-state index in [4.69, 9.17) is 18.9 Å². The molecule has 0 spiro atoms. The standard InChI is InChI=1S/C14H18O6.H2O/c15-13(19-7-9-5-17-9)11-3-1-2-4-12(11)14(16)20-8-10-6-18-10;/h1,3,9-12H,2,4-8H2;1H2. The van der Waals surface area contributed by atoms with Crippen molar-refractivity contribution in [2.75, 3.05) is 26.4 Å². The fourth-order valence-electron chi connectivity index (χ4n) is 2.22. The Kier molecular flexibility index (Phi) is 5.33. The molecule has 0 aromatic carbocycles. The van der Waals surface area contributed by atoms with E-state index in [1.165, 1.54) is 0 Å². The number of hydrogen-bond acceptors (Lipinski definition) is 6. The number of epoxide rings is 2. The summed E-state index contributed by atoms with van der Waals surface area (Å²) in [4.78, 5) is 24.1. The van der Waals surface area contributed by atoms with Crippen LogP contribution in [-0.2, 0) is 28.5 Å². The van der Waals surface area contributed by atoms with Crippen LogP contribution in [0.15, 0.2) is 12.2 Å². The highest BCUT2D eigenvalue weighted by atomic mass is 16.6. The zero-order valence-electron chi connectivity index (χ0n) is 11.7. The minimum absolute atomic E-state index is 0. The summed E-state index contributed by atoms with van der Waals surface area (Å²) in [7, 11) is 0. The van der Waals surface area contributed by atoms with Gasteiger partial charge in [0, 0.05) is 0 Å². The second-order valence-electron chi connectivity index (χ2n) is 5.31. The predicted octanol–water partition coefficient (Wildman–Crippen LogP) is -0.372. The molecule has 3 aliphatic rings. The summed E-state index contributed by atoms with van der Waals surface area (Å²) in [5.74, 6) is -1.71. The fourth-order valence-corrected chi connectivity index (χ4v) is 2.22. The van der Waals surface area contributed by atoms with Gasteiger partial charge in [-0.25, -0.2) is 0 Å². The van der Waals surface area contributed by atoms with Crippen molar-refractivity contribution in [1.82, 2.24) is 0 Å². The molecule has 2 saturated heterocycles. The molecule has 0 aromatic rings. The highest BCUT2D eigenvalue weighted by molar-refractivity contribution is 5.84. The van der Waals surface area contributed by atoms with Crippen molar-refractivity contribution in [2.45, 2.75) is 25.0 Å². The van der Waals surface area contributed by atoms with Gasteiger partial charge in [0.25, 0.3) is 0 Å². The quantitative estimate of drug-likeness (QED) is 0.376. The molecular weight excluding hydrogens is 280 g/mol. The van der Waals surface area contributed by atoms with Gasteiger partial charge < -0.3 is 24.4 Å². The molecule has 2 N–H and O–H groups in total. The highest BCUT2D eigenvalue weighted by Crippen LogP contribution is 2.28. The average Bonchev–Trinajstić information content (AvgIpc) is 3.36. The molecule has 4 atom stereocenters. The van der Waals surface area contributed by atoms with Crippen LogP contribution in [-0.4, -0.2) is 56.1 Å². The zero-order valence-corrected chi connectivity index (χ0v) is 11.7. The van der Waals surface area contributed by atoms with Gasteiger partial charge in [-0.2, -0.15) is 0 Å². The Labute approximate surface area is 122 Å². The Bertz CT molecular complexity index is 412. The van der Waals surface area contributed by atoms with E-state index in [0.717, 1.165) is 6.42 Å². The van der Waals surface area contributed by atoms with Crippen LogP contribution in [0.3, 0.4) is 0 Å². The van der Waals surface area contributed by atoms with Gasteiger partial charge in [-0.15, -0.1) is 0 Å². The van der Waals surface area contributed by atoms with Gasteiger partial charge in [0.05, 0.1) is 25.0 Å². The van der Waals surface area contributed by atoms with Crippen molar-refractivity contribution >= 4 is 11.9 Å². The molecule has 0 amide bonds. The zero-order chi connectivity index (χ0) is 13.9. The number of carbonyl (C=O) groups is 2. The molecule has 0 aromatic heterocycles. The minimum atomic E-state index is -0.546. The highest BCUT2D eigenvalue weighted by Gasteiger charge is 2.37. The van der Waals surface area contributed by atoms with Crippen molar-refractivity contribution in [3.05, 3.63) is 12.2 Å². The van der Waals surface area contributed by atoms with E-state index in [-0.39, 0.29) is 42.8 Å². The van der Waals surface area contributed by atoms with E-state index in [2.05, 4.69) is 0 Å². The van der Waals surface area contributed by atoms with Crippen LogP contribution in [0.25, 0.3) is 0 Å². The molecule has 2 aliphatic heterocycles. The first kappa shape index (κ1) is 15.9. The summed E-state index contributed by atoms with van der Waals surface area (Å²) in [6.45, 7) is 1.82. The molecule has 0 radical (unpaired) electrons. The third-order valence-corrected chi connectivity index (χ3v) is 3.62. The third kappa shape index (κ3) is 4.52. The predicted molar refractivity (Wildman–Crippen MR) is 70.4 cm³/mol. The maximum absolute atomic E-state index is 12.1. The minimum Gasteiger partial charge on any atom is -0.463 e. The molecule has 3 rings (SSSR count). The van der Waals surface area contributed by atoms with Crippen LogP contribution in [0.5, 0.6) is 0 Å². The van der Waals surface area contributed by atoms with E-state index < -0.39 is 11.8 Å². The first-order valence-corrected chi connectivity index (χ1v) is 6.97. The van der Waals surface area contributed by atoms with E-state index >= 15 is 0 Å². The maximum Gasteiger partial charge on any atom is 0.313 e. The van der Waals surface area contributed by atoms with Crippen molar-refractivity contribution < 1.29 is 34.0 Å². The molecule has 7 nitrogen and oxygen atoms in total. The number of esters is 2. The molecule has 1 aliphatic carbocycles. The Morgan fingerprint density at radius 3 is 2.19 bits per heavy atom. The molecule has 7 heteroatoms. The molecule has 118 valence electrons. The lowest BCUT2D eigenvalue weighted by Gasteiger charge is -2.24. The van der Waals surface area contributed by atoms with Gasteiger partial charge >= 0.3 is 11.9 Å². The summed E-state index contributed by atoms with van der Waals surface area (Å²) in [6.07, 6.45) is 5.11. The summed E-state index contributed by atoms with van der Waals surface area (Å²) >= 11 is 0. The first-order chi connectivity index (χ1) is 9.74. The normalized spacial score (nSPS) is 32.8. The number of allylic oxidation sites excluding steroid dienone is 1. The summed E-state index contributed by atoms with van der Waals surface area (Å²) in [5.41, 5.74) is 0. The lowest BCUT2D eigenvalue weighted by molar-refractivity contribution is -0.160. The average molecular weight is 300 g/mol. The van der Waals surface area contributed by atoms with Crippen LogP contribution >= 0.6 is 0 Å². The topological polar surface area (TPSA) is 109 Å². The lowest BCUT2D eigenvalue weighted by atomic mass is 9.84. The monoisotopic (exact) mass is 300 g/mol. The van der Waals surface area contributed by atoms with E-state index in [1.54, 1.807) is 6.08 Å². The van der Waals surface area contributed by atoms with E-state index in [0.29, 0.717) is 19.6 Å². The molecule has 2 fully saturated rings. The van der Waals surface area contributed by atoms with Crippen LogP contribution < -0.4 is 0 Å². The Morgan fingerprint density at radius 2 is 1.62 bits per heavy atom. The Morgan fingerprint density at radius 1 is 1.05 bits per heavy atom. The van der Waals surface area contributed by atoms with Crippen molar-refractivity contribution in [1.29, 1.82) is 0 Å². The third-order valence-electron chi connectivity index (χ3n) is 3.62. The van der Waals surface area contributed by atoms with Gasteiger partial charge in [0.1, 0.15) is 25.4 Å². The smallest absolute Gasteiger partial charge is 0.313 e. The second kappa shape index (κ2) is 7.02. The van der Waals surface area contributed by atoms with Crippen LogP contribution in [0.2, 0.25) is 0 Å². The Balaban J connectivity index is 0.00000161. The maximum atomic E-state index is 12.1. The Hall–Kier alpha value is -1.44. The molecule has 0 bridgehead atoms. The summed E-state index contributed by atoms with van der Waals surface area (Å²) < 4.78 is 20.4. The largest absolute Gasteiger partial charge is 0.463 e. The molecular formula is C14H20O7. The summed E-state index contributed by atoms with van der Waals surface area (Å²) in [6, 6.07) is 0. The number of hydrogen-bond donors (Lipinski definition) is 0. The van der Waals surface area contributed by atoms with Crippen LogP contribution in [0.1, 0.15) is 12.8 Å². The SMILES string of the molecule is O.O=C(OCC1CO1)C1C=CCCC1C(=O)OCC1CO1. The number of rotatable bonds is 6. The van der Waals surface area contributed by atoms with Crippen molar-refractivity contribution in [2.24, 2.45) is 11.8 Å². The summed E-state index contributed by atoms with van der Waals surface area (Å²) in [5, 5.41) is 0. The fraction of sp³-hybridized carbons (Fsp3) is 0.714. The van der Waals surface area contributed by atoms with Crippen molar-refractivity contribution in [3.63, 3.8) is 0 Å². The van der Waals surface area contributed by atoms with Gasteiger partial charge in [0.15, 0.2) is 0 Å². The second-order valence-corrected chi connectivity index (χ2v) is 5.31. The number of carbonyl (C=O) groups excluding carboxylic acids is 2. The molecule has 2 heterocycles. The van der Waals surface area contributed by atoms with Crippen LogP contribution in [0.4, 0.5) is 0 Å². The molecule has 0 saturated carbocycles. The van der Waals surface area contributed by atoms with Gasteiger partial charge in [-0.05, 0) is 12.8 Å². The number of ether oxygens (including phenoxy) is 4. The lowest BCUT2D eigenvalue weighted by Crippen LogP contribution is -2.34. The molecule has 21 heavy (non-hydrogen) atoms. The van der Waals surface area contributed by atoms with E-state index in [1.807, 2.05) is 6.08 Å². The van der Waals surface area contributed by atoms with Crippen molar-refractivity contribution in [3.8, 4) is 0 Å². The van der Waals surface area contributed by atoms with Gasteiger partial charge in [-0.1, -0.05) is 12.2 Å². The molecule has 4 unspecified atom stereocenters. The van der Waals surface area contributed by atoms with Gasteiger partial charge in [-0.3, -0.25) is 9.59 Å². The first-order valence-electron chi connectivity index (χ1n) is 6.97. The van der Waals surface area contributed by atoms with E-state index in [9.17, 15) is 9.59 Å². The van der Waals surface area contributed by atoms with Gasteiger partial charge in [0.2, 0.25) is 0 Å². The van der Waals surface area contributed by atoms with Crippen LogP contribution in [0, 0.1) is 11.8 Å².